The zero-order valence-corrected chi connectivity index (χ0v) is 7.80. The van der Waals surface area contributed by atoms with Gasteiger partial charge in [0.05, 0.1) is 0 Å². The van der Waals surface area contributed by atoms with E-state index in [0.717, 1.165) is 24.5 Å². The molecule has 12 heavy (non-hydrogen) atoms. The first-order valence-electron chi connectivity index (χ1n) is 4.26. The van der Waals surface area contributed by atoms with Gasteiger partial charge in [-0.05, 0) is 42.3 Å². The summed E-state index contributed by atoms with van der Waals surface area (Å²) in [5, 5.41) is 0.378. The minimum absolute atomic E-state index is 0.378. The van der Waals surface area contributed by atoms with Gasteiger partial charge < -0.3 is 0 Å². The first-order valence-corrected chi connectivity index (χ1v) is 4.64. The van der Waals surface area contributed by atoms with Gasteiger partial charge in [0.15, 0.2) is 0 Å². The van der Waals surface area contributed by atoms with Gasteiger partial charge in [0.25, 0.3) is 0 Å². The van der Waals surface area contributed by atoms with Crippen molar-refractivity contribution in [3.63, 3.8) is 0 Å². The Bertz CT molecular complexity index is 299. The zero-order chi connectivity index (χ0) is 8.55. The second-order valence-corrected chi connectivity index (χ2v) is 3.80. The van der Waals surface area contributed by atoms with Crippen LogP contribution >= 0.6 is 11.6 Å². The summed E-state index contributed by atoms with van der Waals surface area (Å²) in [6.45, 7) is 2.26. The summed E-state index contributed by atoms with van der Waals surface area (Å²) in [4.78, 5) is 8.18. The first-order chi connectivity index (χ1) is 5.75. The second kappa shape index (κ2) is 3.02. The minimum Gasteiger partial charge on any atom is -0.226 e. The number of hydrogen-bond donors (Lipinski definition) is 0. The van der Waals surface area contributed by atoms with Gasteiger partial charge in [0.2, 0.25) is 5.28 Å². The summed E-state index contributed by atoms with van der Waals surface area (Å²) in [6, 6.07) is 0. The van der Waals surface area contributed by atoms with E-state index in [1.807, 2.05) is 6.20 Å². The molecule has 2 nitrogen and oxygen atoms in total. The van der Waals surface area contributed by atoms with Crippen molar-refractivity contribution in [3.05, 3.63) is 22.7 Å². The molecule has 0 bridgehead atoms. The summed E-state index contributed by atoms with van der Waals surface area (Å²) in [5.74, 6) is 0.766. The largest absolute Gasteiger partial charge is 0.226 e. The minimum atomic E-state index is 0.378. The Kier molecular flexibility index (Phi) is 2.01. The van der Waals surface area contributed by atoms with E-state index in [1.54, 1.807) is 0 Å². The lowest BCUT2D eigenvalue weighted by Crippen LogP contribution is -2.13. The highest BCUT2D eigenvalue weighted by Crippen LogP contribution is 2.23. The second-order valence-electron chi connectivity index (χ2n) is 3.46. The molecule has 1 aromatic rings. The zero-order valence-electron chi connectivity index (χ0n) is 7.05. The Labute approximate surface area is 77.0 Å². The average Bonchev–Trinajstić information content (AvgIpc) is 2.05. The number of aromatic nitrogens is 2. The van der Waals surface area contributed by atoms with Crippen molar-refractivity contribution >= 4 is 11.6 Å². The molecule has 1 unspecified atom stereocenters. The third-order valence-corrected chi connectivity index (χ3v) is 2.55. The lowest BCUT2D eigenvalue weighted by Gasteiger charge is -2.19. The van der Waals surface area contributed by atoms with E-state index in [-0.39, 0.29) is 0 Å². The van der Waals surface area contributed by atoms with Gasteiger partial charge in [-0.15, -0.1) is 0 Å². The van der Waals surface area contributed by atoms with Crippen molar-refractivity contribution in [2.45, 2.75) is 26.2 Å². The molecule has 64 valence electrons. The summed E-state index contributed by atoms with van der Waals surface area (Å²) in [7, 11) is 0. The lowest BCUT2D eigenvalue weighted by molar-refractivity contribution is 0.492. The Morgan fingerprint density at radius 2 is 2.42 bits per heavy atom. The normalized spacial score (nSPS) is 22.0. The molecule has 0 saturated carbocycles. The van der Waals surface area contributed by atoms with Gasteiger partial charge in [-0.3, -0.25) is 0 Å². The molecule has 1 heterocycles. The van der Waals surface area contributed by atoms with Crippen molar-refractivity contribution in [2.24, 2.45) is 5.92 Å². The summed E-state index contributed by atoms with van der Waals surface area (Å²) < 4.78 is 0. The van der Waals surface area contributed by atoms with E-state index < -0.39 is 0 Å². The van der Waals surface area contributed by atoms with E-state index in [2.05, 4.69) is 16.9 Å². The molecule has 1 atom stereocenters. The molecule has 1 aliphatic carbocycles. The SMILES string of the molecule is CC1CCc2nc(Cl)ncc2C1. The fourth-order valence-electron chi connectivity index (χ4n) is 1.67. The van der Waals surface area contributed by atoms with Crippen molar-refractivity contribution in [3.8, 4) is 0 Å². The highest BCUT2D eigenvalue weighted by Gasteiger charge is 2.16. The summed E-state index contributed by atoms with van der Waals surface area (Å²) in [6.07, 6.45) is 5.24. The summed E-state index contributed by atoms with van der Waals surface area (Å²) >= 11 is 5.69. The van der Waals surface area contributed by atoms with Gasteiger partial charge in [-0.25, -0.2) is 9.97 Å². The third-order valence-electron chi connectivity index (χ3n) is 2.37. The van der Waals surface area contributed by atoms with E-state index in [1.165, 1.54) is 12.0 Å². The van der Waals surface area contributed by atoms with Crippen LogP contribution in [0, 0.1) is 5.92 Å². The lowest BCUT2D eigenvalue weighted by atomic mass is 9.89. The molecule has 1 aromatic heterocycles. The Balaban J connectivity index is 2.37. The molecule has 0 saturated heterocycles. The monoisotopic (exact) mass is 182 g/mol. The predicted molar refractivity (Wildman–Crippen MR) is 48.2 cm³/mol. The van der Waals surface area contributed by atoms with Crippen LogP contribution in [0.15, 0.2) is 6.20 Å². The molecule has 0 aliphatic heterocycles. The van der Waals surface area contributed by atoms with Gasteiger partial charge in [0, 0.05) is 11.9 Å². The molecular weight excluding hydrogens is 172 g/mol. The van der Waals surface area contributed by atoms with E-state index >= 15 is 0 Å². The standard InChI is InChI=1S/C9H11ClN2/c1-6-2-3-8-7(4-6)5-11-9(10)12-8/h5-6H,2-4H2,1H3. The van der Waals surface area contributed by atoms with Crippen LogP contribution in [0.3, 0.4) is 0 Å². The molecule has 2 rings (SSSR count). The van der Waals surface area contributed by atoms with E-state index in [0.29, 0.717) is 5.28 Å². The maximum absolute atomic E-state index is 5.69. The Hall–Kier alpha value is -0.630. The maximum Gasteiger partial charge on any atom is 0.222 e. The Morgan fingerprint density at radius 1 is 1.58 bits per heavy atom. The smallest absolute Gasteiger partial charge is 0.222 e. The number of rotatable bonds is 0. The fourth-order valence-corrected chi connectivity index (χ4v) is 1.82. The summed E-state index contributed by atoms with van der Waals surface area (Å²) in [5.41, 5.74) is 2.42. The molecule has 0 aromatic carbocycles. The highest BCUT2D eigenvalue weighted by molar-refractivity contribution is 6.28. The molecule has 1 aliphatic rings. The number of nitrogens with zero attached hydrogens (tertiary/aromatic N) is 2. The predicted octanol–water partition coefficient (Wildman–Crippen LogP) is 2.25. The van der Waals surface area contributed by atoms with Crippen molar-refractivity contribution in [1.29, 1.82) is 0 Å². The van der Waals surface area contributed by atoms with Crippen molar-refractivity contribution in [2.75, 3.05) is 0 Å². The molecule has 0 radical (unpaired) electrons. The van der Waals surface area contributed by atoms with Gasteiger partial charge >= 0.3 is 0 Å². The van der Waals surface area contributed by atoms with Crippen LogP contribution in [0.4, 0.5) is 0 Å². The third kappa shape index (κ3) is 1.44. The van der Waals surface area contributed by atoms with Crippen LogP contribution in [0.25, 0.3) is 0 Å². The number of aryl methyl sites for hydroxylation is 1. The van der Waals surface area contributed by atoms with Crippen molar-refractivity contribution < 1.29 is 0 Å². The molecule has 0 fully saturated rings. The van der Waals surface area contributed by atoms with Gasteiger partial charge in [-0.1, -0.05) is 6.92 Å². The van der Waals surface area contributed by atoms with Gasteiger partial charge in [0.1, 0.15) is 0 Å². The van der Waals surface area contributed by atoms with Crippen LogP contribution < -0.4 is 0 Å². The molecule has 0 N–H and O–H groups in total. The topological polar surface area (TPSA) is 25.8 Å². The first kappa shape index (κ1) is 7.99. The average molecular weight is 183 g/mol. The van der Waals surface area contributed by atoms with E-state index in [4.69, 9.17) is 11.6 Å². The quantitative estimate of drug-likeness (QED) is 0.576. The molecule has 3 heteroatoms. The number of hydrogen-bond acceptors (Lipinski definition) is 2. The molecular formula is C9H11ClN2. The van der Waals surface area contributed by atoms with E-state index in [9.17, 15) is 0 Å². The molecule has 0 amide bonds. The maximum atomic E-state index is 5.69. The Morgan fingerprint density at radius 3 is 3.25 bits per heavy atom. The number of halogens is 1. The van der Waals surface area contributed by atoms with Crippen LogP contribution in [0.2, 0.25) is 5.28 Å². The number of fused-ring (bicyclic) bond motifs is 1. The molecule has 0 spiro atoms. The van der Waals surface area contributed by atoms with Crippen LogP contribution in [0.1, 0.15) is 24.6 Å². The van der Waals surface area contributed by atoms with Crippen LogP contribution in [0.5, 0.6) is 0 Å². The van der Waals surface area contributed by atoms with Crippen molar-refractivity contribution in [1.82, 2.24) is 9.97 Å². The fraction of sp³-hybridized carbons (Fsp3) is 0.556. The van der Waals surface area contributed by atoms with Crippen LogP contribution in [-0.2, 0) is 12.8 Å². The highest BCUT2D eigenvalue weighted by atomic mass is 35.5. The van der Waals surface area contributed by atoms with Crippen LogP contribution in [-0.4, -0.2) is 9.97 Å². The van der Waals surface area contributed by atoms with Gasteiger partial charge in [-0.2, -0.15) is 0 Å².